The molecule has 0 aliphatic carbocycles. The molecule has 1 aromatic heterocycles. The zero-order valence-electron chi connectivity index (χ0n) is 11.4. The number of aromatic nitrogens is 3. The van der Waals surface area contributed by atoms with Gasteiger partial charge in [0.15, 0.2) is 0 Å². The fourth-order valence-corrected chi connectivity index (χ4v) is 2.65. The summed E-state index contributed by atoms with van der Waals surface area (Å²) in [5, 5.41) is 8.13. The van der Waals surface area contributed by atoms with Crippen LogP contribution in [0.15, 0.2) is 6.33 Å². The average molecular weight is 251 g/mol. The lowest BCUT2D eigenvalue weighted by molar-refractivity contribution is 0.146. The Hall–Kier alpha value is -0.940. The quantitative estimate of drug-likeness (QED) is 0.744. The Labute approximate surface area is 109 Å². The van der Waals surface area contributed by atoms with Crippen LogP contribution in [0, 0.1) is 0 Å². The van der Waals surface area contributed by atoms with Crippen LogP contribution < -0.4 is 5.73 Å². The third kappa shape index (κ3) is 3.29. The van der Waals surface area contributed by atoms with E-state index in [0.29, 0.717) is 6.04 Å². The maximum Gasteiger partial charge on any atom is 0.147 e. The van der Waals surface area contributed by atoms with E-state index in [9.17, 15) is 0 Å². The van der Waals surface area contributed by atoms with Gasteiger partial charge in [-0.25, -0.2) is 0 Å². The lowest BCUT2D eigenvalue weighted by atomic mass is 10.1. The Morgan fingerprint density at radius 2 is 2.22 bits per heavy atom. The molecule has 102 valence electrons. The minimum absolute atomic E-state index is 0.507. The van der Waals surface area contributed by atoms with Crippen LogP contribution in [0.5, 0.6) is 0 Å². The molecule has 2 heterocycles. The highest BCUT2D eigenvalue weighted by Gasteiger charge is 2.23. The molecule has 2 rings (SSSR count). The van der Waals surface area contributed by atoms with Gasteiger partial charge in [-0.2, -0.15) is 0 Å². The number of nitrogens with two attached hydrogens (primary N) is 1. The highest BCUT2D eigenvalue weighted by Crippen LogP contribution is 2.16. The molecular weight excluding hydrogens is 226 g/mol. The minimum Gasteiger partial charge on any atom is -0.329 e. The second-order valence-corrected chi connectivity index (χ2v) is 5.15. The molecule has 0 aromatic carbocycles. The summed E-state index contributed by atoms with van der Waals surface area (Å²) in [4.78, 5) is 2.47. The molecule has 2 N–H and O–H groups in total. The Kier molecular flexibility index (Phi) is 5.13. The predicted molar refractivity (Wildman–Crippen MR) is 72.0 cm³/mol. The van der Waals surface area contributed by atoms with Gasteiger partial charge < -0.3 is 10.3 Å². The first-order valence-electron chi connectivity index (χ1n) is 7.16. The van der Waals surface area contributed by atoms with E-state index in [4.69, 9.17) is 5.73 Å². The van der Waals surface area contributed by atoms with Crippen LogP contribution in [0.25, 0.3) is 0 Å². The van der Waals surface area contributed by atoms with Gasteiger partial charge >= 0.3 is 0 Å². The first kappa shape index (κ1) is 13.5. The number of rotatable bonds is 7. The number of nitrogens with zero attached hydrogens (tertiary/aromatic N) is 4. The van der Waals surface area contributed by atoms with Gasteiger partial charge in [0.1, 0.15) is 12.2 Å². The highest BCUT2D eigenvalue weighted by atomic mass is 15.3. The Morgan fingerprint density at radius 1 is 1.33 bits per heavy atom. The van der Waals surface area contributed by atoms with Crippen molar-refractivity contribution in [2.24, 2.45) is 5.73 Å². The highest BCUT2D eigenvalue weighted by molar-refractivity contribution is 4.91. The molecule has 1 unspecified atom stereocenters. The van der Waals surface area contributed by atoms with Gasteiger partial charge in [0.2, 0.25) is 0 Å². The van der Waals surface area contributed by atoms with E-state index in [0.717, 1.165) is 32.0 Å². The van der Waals surface area contributed by atoms with Crippen LogP contribution in [0.3, 0.4) is 0 Å². The smallest absolute Gasteiger partial charge is 0.147 e. The summed E-state index contributed by atoms with van der Waals surface area (Å²) in [5.74, 6) is 1.08. The maximum atomic E-state index is 5.93. The van der Waals surface area contributed by atoms with Gasteiger partial charge in [-0.3, -0.25) is 4.90 Å². The Balaban J connectivity index is 1.82. The van der Waals surface area contributed by atoms with Crippen LogP contribution in [0.2, 0.25) is 0 Å². The maximum absolute atomic E-state index is 5.93. The van der Waals surface area contributed by atoms with Gasteiger partial charge in [-0.05, 0) is 6.42 Å². The van der Waals surface area contributed by atoms with E-state index in [1.54, 1.807) is 0 Å². The minimum atomic E-state index is 0.507. The molecule has 0 saturated heterocycles. The molecule has 0 radical (unpaired) electrons. The van der Waals surface area contributed by atoms with Crippen molar-refractivity contribution in [1.82, 2.24) is 19.7 Å². The fraction of sp³-hybridized carbons (Fsp3) is 0.846. The summed E-state index contributed by atoms with van der Waals surface area (Å²) in [6.45, 7) is 5.96. The van der Waals surface area contributed by atoms with Crippen molar-refractivity contribution < 1.29 is 0 Å². The van der Waals surface area contributed by atoms with Crippen LogP contribution in [-0.4, -0.2) is 38.8 Å². The van der Waals surface area contributed by atoms with Gasteiger partial charge in [-0.15, -0.1) is 10.2 Å². The van der Waals surface area contributed by atoms with Gasteiger partial charge in [0, 0.05) is 25.7 Å². The van der Waals surface area contributed by atoms with Crippen molar-refractivity contribution in [3.8, 4) is 0 Å². The monoisotopic (exact) mass is 251 g/mol. The molecule has 0 fully saturated rings. The topological polar surface area (TPSA) is 60.0 Å². The summed E-state index contributed by atoms with van der Waals surface area (Å²) in [6.07, 6.45) is 8.29. The molecule has 1 atom stereocenters. The zero-order chi connectivity index (χ0) is 12.8. The van der Waals surface area contributed by atoms with Crippen LogP contribution in [0.1, 0.15) is 44.9 Å². The third-order valence-corrected chi connectivity index (χ3v) is 3.85. The molecule has 5 nitrogen and oxygen atoms in total. The number of hydrogen-bond donors (Lipinski definition) is 1. The lowest BCUT2D eigenvalue weighted by Crippen LogP contribution is -2.44. The normalized spacial score (nSPS) is 17.7. The van der Waals surface area contributed by atoms with Gasteiger partial charge in [-0.1, -0.05) is 32.6 Å². The van der Waals surface area contributed by atoms with E-state index >= 15 is 0 Å². The Morgan fingerprint density at radius 3 is 3.00 bits per heavy atom. The van der Waals surface area contributed by atoms with Crippen LogP contribution in [-0.2, 0) is 13.1 Å². The van der Waals surface area contributed by atoms with Crippen molar-refractivity contribution in [2.45, 2.75) is 58.2 Å². The predicted octanol–water partition coefficient (Wildman–Crippen LogP) is 1.39. The molecular formula is C13H25N5. The van der Waals surface area contributed by atoms with Crippen molar-refractivity contribution in [1.29, 1.82) is 0 Å². The van der Waals surface area contributed by atoms with E-state index in [1.165, 1.54) is 32.1 Å². The molecule has 1 aliphatic heterocycles. The van der Waals surface area contributed by atoms with Gasteiger partial charge in [0.25, 0.3) is 0 Å². The van der Waals surface area contributed by atoms with Crippen molar-refractivity contribution in [3.63, 3.8) is 0 Å². The van der Waals surface area contributed by atoms with E-state index in [1.807, 2.05) is 6.33 Å². The Bertz CT molecular complexity index is 349. The standard InChI is InChI=1S/C13H25N5/c1-2-3-4-5-6-12(9-14)17-7-8-18-11-15-16-13(18)10-17/h11-12H,2-10,14H2,1H3. The molecule has 0 amide bonds. The average Bonchev–Trinajstić information content (AvgIpc) is 2.86. The first-order valence-corrected chi connectivity index (χ1v) is 7.16. The van der Waals surface area contributed by atoms with Gasteiger partial charge in [0.05, 0.1) is 6.54 Å². The fourth-order valence-electron chi connectivity index (χ4n) is 2.65. The van der Waals surface area contributed by atoms with Crippen molar-refractivity contribution in [3.05, 3.63) is 12.2 Å². The van der Waals surface area contributed by atoms with Crippen LogP contribution in [0.4, 0.5) is 0 Å². The summed E-state index contributed by atoms with van der Waals surface area (Å²) in [5.41, 5.74) is 5.93. The van der Waals surface area contributed by atoms with Crippen molar-refractivity contribution in [2.75, 3.05) is 13.1 Å². The summed E-state index contributed by atoms with van der Waals surface area (Å²) >= 11 is 0. The molecule has 0 bridgehead atoms. The number of hydrogen-bond acceptors (Lipinski definition) is 4. The second-order valence-electron chi connectivity index (χ2n) is 5.15. The summed E-state index contributed by atoms with van der Waals surface area (Å²) in [6, 6.07) is 0.507. The van der Waals surface area contributed by atoms with Crippen LogP contribution >= 0.6 is 0 Å². The largest absolute Gasteiger partial charge is 0.329 e. The van der Waals surface area contributed by atoms with E-state index in [2.05, 4.69) is 26.6 Å². The molecule has 0 saturated carbocycles. The molecule has 0 spiro atoms. The number of fused-ring (bicyclic) bond motifs is 1. The zero-order valence-corrected chi connectivity index (χ0v) is 11.4. The third-order valence-electron chi connectivity index (χ3n) is 3.85. The molecule has 1 aromatic rings. The summed E-state index contributed by atoms with van der Waals surface area (Å²) < 4.78 is 2.14. The number of unbranched alkanes of at least 4 members (excludes halogenated alkanes) is 3. The lowest BCUT2D eigenvalue weighted by Gasteiger charge is -2.33. The SMILES string of the molecule is CCCCCCC(CN)N1CCn2cnnc2C1. The molecule has 18 heavy (non-hydrogen) atoms. The molecule has 1 aliphatic rings. The van der Waals surface area contributed by atoms with Crippen molar-refractivity contribution >= 4 is 0 Å². The van der Waals surface area contributed by atoms with E-state index in [-0.39, 0.29) is 0 Å². The molecule has 5 heteroatoms. The van der Waals surface area contributed by atoms with E-state index < -0.39 is 0 Å². The second kappa shape index (κ2) is 6.85. The first-order chi connectivity index (χ1) is 8.85. The summed E-state index contributed by atoms with van der Waals surface area (Å²) in [7, 11) is 0.